The van der Waals surface area contributed by atoms with E-state index in [4.69, 9.17) is 4.42 Å². The summed E-state index contributed by atoms with van der Waals surface area (Å²) in [5.74, 6) is 0.790. The monoisotopic (exact) mass is 491 g/mol. The smallest absolute Gasteiger partial charge is 0.294 e. The van der Waals surface area contributed by atoms with Gasteiger partial charge in [-0.15, -0.1) is 5.10 Å². The Bertz CT molecular complexity index is 1420. The number of nitrogens with one attached hydrogen (secondary N) is 1. The van der Waals surface area contributed by atoms with Gasteiger partial charge in [-0.3, -0.25) is 9.59 Å². The van der Waals surface area contributed by atoms with Gasteiger partial charge in [-0.05, 0) is 42.0 Å². The van der Waals surface area contributed by atoms with Crippen molar-refractivity contribution in [3.05, 3.63) is 126 Å². The lowest BCUT2D eigenvalue weighted by atomic mass is 10.1. The zero-order chi connectivity index (χ0) is 25.6. The highest BCUT2D eigenvalue weighted by Crippen LogP contribution is 2.22. The number of benzene rings is 3. The van der Waals surface area contributed by atoms with Gasteiger partial charge in [0.25, 0.3) is 11.8 Å². The number of amides is 2. The Morgan fingerprint density at radius 1 is 0.865 bits per heavy atom. The second-order valence-corrected chi connectivity index (χ2v) is 8.39. The first-order valence-corrected chi connectivity index (χ1v) is 11.8. The highest BCUT2D eigenvalue weighted by molar-refractivity contribution is 5.94. The normalized spacial score (nSPS) is 10.7. The van der Waals surface area contributed by atoms with Gasteiger partial charge in [0.05, 0.1) is 18.5 Å². The van der Waals surface area contributed by atoms with Crippen molar-refractivity contribution in [3.63, 3.8) is 0 Å². The van der Waals surface area contributed by atoms with Gasteiger partial charge < -0.3 is 14.6 Å². The Morgan fingerprint density at radius 3 is 2.22 bits per heavy atom. The summed E-state index contributed by atoms with van der Waals surface area (Å²) >= 11 is 0. The van der Waals surface area contributed by atoms with Crippen LogP contribution in [0.4, 0.5) is 0 Å². The summed E-state index contributed by atoms with van der Waals surface area (Å²) in [5.41, 5.74) is 3.06. The molecule has 5 aromatic rings. The highest BCUT2D eigenvalue weighted by Gasteiger charge is 2.25. The molecule has 0 spiro atoms. The SMILES string of the molecule is CNC(=O)c1ccc(CN(Cc2ccco2)C(=O)c2nc(-c3ccccc3)n(-c3ccccc3)n2)cc1. The lowest BCUT2D eigenvalue weighted by molar-refractivity contribution is 0.0705. The lowest BCUT2D eigenvalue weighted by Crippen LogP contribution is -2.31. The molecule has 0 radical (unpaired) electrons. The Labute approximate surface area is 214 Å². The van der Waals surface area contributed by atoms with Crippen LogP contribution in [0, 0.1) is 0 Å². The molecule has 3 aromatic carbocycles. The second kappa shape index (κ2) is 10.7. The molecule has 37 heavy (non-hydrogen) atoms. The van der Waals surface area contributed by atoms with Crippen molar-refractivity contribution in [1.29, 1.82) is 0 Å². The van der Waals surface area contributed by atoms with Crippen LogP contribution in [0.1, 0.15) is 32.3 Å². The first-order valence-electron chi connectivity index (χ1n) is 11.8. The molecule has 2 heterocycles. The average Bonchev–Trinajstić information content (AvgIpc) is 3.64. The molecule has 0 saturated heterocycles. The third-order valence-corrected chi connectivity index (χ3v) is 5.86. The van der Waals surface area contributed by atoms with E-state index in [1.807, 2.05) is 78.9 Å². The number of hydrogen-bond donors (Lipinski definition) is 1. The highest BCUT2D eigenvalue weighted by atomic mass is 16.3. The van der Waals surface area contributed by atoms with Crippen molar-refractivity contribution < 1.29 is 14.0 Å². The molecule has 184 valence electrons. The lowest BCUT2D eigenvalue weighted by Gasteiger charge is -2.20. The number of carbonyl (C=O) groups excluding carboxylic acids is 2. The van der Waals surface area contributed by atoms with Crippen LogP contribution in [0.15, 0.2) is 108 Å². The summed E-state index contributed by atoms with van der Waals surface area (Å²) in [5, 5.41) is 7.24. The number of hydrogen-bond acceptors (Lipinski definition) is 5. The molecule has 0 aliphatic rings. The van der Waals surface area contributed by atoms with Crippen molar-refractivity contribution in [1.82, 2.24) is 25.0 Å². The van der Waals surface area contributed by atoms with Crippen LogP contribution in [-0.2, 0) is 13.1 Å². The van der Waals surface area contributed by atoms with Crippen LogP contribution in [0.3, 0.4) is 0 Å². The van der Waals surface area contributed by atoms with Crippen LogP contribution in [-0.4, -0.2) is 38.5 Å². The third-order valence-electron chi connectivity index (χ3n) is 5.86. The van der Waals surface area contributed by atoms with E-state index in [2.05, 4.69) is 15.4 Å². The number of rotatable bonds is 8. The minimum atomic E-state index is -0.335. The molecule has 0 aliphatic carbocycles. The Hall–Kier alpha value is -4.98. The van der Waals surface area contributed by atoms with Gasteiger partial charge in [0.1, 0.15) is 5.76 Å². The molecule has 0 bridgehead atoms. The van der Waals surface area contributed by atoms with Crippen molar-refractivity contribution >= 4 is 11.8 Å². The van der Waals surface area contributed by atoms with Gasteiger partial charge in [-0.25, -0.2) is 9.67 Å². The predicted molar refractivity (Wildman–Crippen MR) is 139 cm³/mol. The molecule has 2 amide bonds. The molecule has 8 nitrogen and oxygen atoms in total. The first-order chi connectivity index (χ1) is 18.1. The van der Waals surface area contributed by atoms with Gasteiger partial charge in [0, 0.05) is 24.7 Å². The van der Waals surface area contributed by atoms with Crippen molar-refractivity contribution in [2.24, 2.45) is 0 Å². The number of aromatic nitrogens is 3. The molecule has 0 aliphatic heterocycles. The van der Waals surface area contributed by atoms with E-state index in [0.717, 1.165) is 16.8 Å². The van der Waals surface area contributed by atoms with Crippen molar-refractivity contribution in [2.45, 2.75) is 13.1 Å². The molecule has 5 rings (SSSR count). The summed E-state index contributed by atoms with van der Waals surface area (Å²) in [7, 11) is 1.59. The van der Waals surface area contributed by atoms with Crippen molar-refractivity contribution in [3.8, 4) is 17.1 Å². The van der Waals surface area contributed by atoms with Gasteiger partial charge in [0.2, 0.25) is 5.82 Å². The molecule has 0 saturated carbocycles. The fourth-order valence-electron chi connectivity index (χ4n) is 3.98. The molecular formula is C29H25N5O3. The van der Waals surface area contributed by atoms with Crippen LogP contribution < -0.4 is 5.32 Å². The number of furan rings is 1. The fourth-order valence-corrected chi connectivity index (χ4v) is 3.98. The summed E-state index contributed by atoms with van der Waals surface area (Å²) in [6.45, 7) is 0.525. The number of para-hydroxylation sites is 1. The molecule has 1 N–H and O–H groups in total. The minimum absolute atomic E-state index is 0.0799. The number of nitrogens with zero attached hydrogens (tertiary/aromatic N) is 4. The van der Waals surface area contributed by atoms with Crippen LogP contribution in [0.5, 0.6) is 0 Å². The van der Waals surface area contributed by atoms with Gasteiger partial charge >= 0.3 is 0 Å². The molecule has 8 heteroatoms. The molecule has 2 aromatic heterocycles. The maximum absolute atomic E-state index is 13.8. The van der Waals surface area contributed by atoms with Gasteiger partial charge in [0.15, 0.2) is 5.82 Å². The Balaban J connectivity index is 1.50. The fraction of sp³-hybridized carbons (Fsp3) is 0.103. The van der Waals surface area contributed by atoms with E-state index in [1.165, 1.54) is 0 Å². The Morgan fingerprint density at radius 2 is 1.57 bits per heavy atom. The number of carbonyl (C=O) groups is 2. The summed E-state index contributed by atoms with van der Waals surface area (Å²) < 4.78 is 7.21. The first kappa shape index (κ1) is 23.7. The van der Waals surface area contributed by atoms with E-state index in [9.17, 15) is 9.59 Å². The third kappa shape index (κ3) is 5.33. The van der Waals surface area contributed by atoms with Gasteiger partial charge in [-0.2, -0.15) is 0 Å². The van der Waals surface area contributed by atoms with E-state index in [1.54, 1.807) is 41.1 Å². The zero-order valence-corrected chi connectivity index (χ0v) is 20.2. The average molecular weight is 492 g/mol. The van der Waals surface area contributed by atoms with Crippen LogP contribution in [0.2, 0.25) is 0 Å². The quantitative estimate of drug-likeness (QED) is 0.339. The molecule has 0 unspecified atom stereocenters. The van der Waals surface area contributed by atoms with E-state index in [0.29, 0.717) is 17.1 Å². The summed E-state index contributed by atoms with van der Waals surface area (Å²) in [4.78, 5) is 32.0. The zero-order valence-electron chi connectivity index (χ0n) is 20.2. The van der Waals surface area contributed by atoms with E-state index < -0.39 is 0 Å². The standard InChI is InChI=1S/C29H25N5O3/c1-30-28(35)23-16-14-21(15-17-23)19-33(20-25-13-8-18-37-25)29(36)26-31-27(22-9-4-2-5-10-22)34(32-26)24-11-6-3-7-12-24/h2-18H,19-20H2,1H3,(H,30,35). The van der Waals surface area contributed by atoms with E-state index in [-0.39, 0.29) is 30.7 Å². The molecular weight excluding hydrogens is 466 g/mol. The van der Waals surface area contributed by atoms with E-state index >= 15 is 0 Å². The maximum Gasteiger partial charge on any atom is 0.294 e. The Kier molecular flexibility index (Phi) is 6.89. The minimum Gasteiger partial charge on any atom is -0.467 e. The van der Waals surface area contributed by atoms with Gasteiger partial charge in [-0.1, -0.05) is 60.7 Å². The molecule has 0 fully saturated rings. The topological polar surface area (TPSA) is 93.3 Å². The predicted octanol–water partition coefficient (Wildman–Crippen LogP) is 4.73. The summed E-state index contributed by atoms with van der Waals surface area (Å²) in [6.07, 6.45) is 1.58. The summed E-state index contributed by atoms with van der Waals surface area (Å²) in [6, 6.07) is 30.0. The molecule has 0 atom stereocenters. The van der Waals surface area contributed by atoms with Crippen LogP contribution >= 0.6 is 0 Å². The largest absolute Gasteiger partial charge is 0.467 e. The van der Waals surface area contributed by atoms with Crippen LogP contribution in [0.25, 0.3) is 17.1 Å². The maximum atomic E-state index is 13.8. The second-order valence-electron chi connectivity index (χ2n) is 8.39. The van der Waals surface area contributed by atoms with Crippen molar-refractivity contribution in [2.75, 3.05) is 7.05 Å².